The van der Waals surface area contributed by atoms with Crippen LogP contribution in [0.3, 0.4) is 0 Å². The summed E-state index contributed by atoms with van der Waals surface area (Å²) in [7, 11) is 0. The number of hydrogen-bond donors (Lipinski definition) is 0. The van der Waals surface area contributed by atoms with E-state index < -0.39 is 5.97 Å². The smallest absolute Gasteiger partial charge is 0.331 e. The van der Waals surface area contributed by atoms with Gasteiger partial charge in [-0.15, -0.1) is 0 Å². The van der Waals surface area contributed by atoms with Crippen molar-refractivity contribution >= 4 is 17.8 Å². The van der Waals surface area contributed by atoms with Crippen LogP contribution in [0.4, 0.5) is 0 Å². The molecule has 28 heavy (non-hydrogen) atoms. The molecule has 0 unspecified atom stereocenters. The van der Waals surface area contributed by atoms with Gasteiger partial charge in [-0.05, 0) is 48.3 Å². The average Bonchev–Trinajstić information content (AvgIpc) is 3.37. The molecular weight excluding hydrogens is 354 g/mol. The molecule has 3 aliphatic rings. The molecule has 0 radical (unpaired) electrons. The second-order valence-electron chi connectivity index (χ2n) is 8.01. The molecule has 0 spiro atoms. The minimum Gasteiger partial charge on any atom is -0.425 e. The Balaban J connectivity index is 1.32. The minimum absolute atomic E-state index is 0.184. The monoisotopic (exact) mass is 375 g/mol. The van der Waals surface area contributed by atoms with Crippen LogP contribution in [0.25, 0.3) is 0 Å². The van der Waals surface area contributed by atoms with Crippen molar-refractivity contribution in [2.45, 2.75) is 18.8 Å². The molecule has 2 aromatic rings. The summed E-state index contributed by atoms with van der Waals surface area (Å²) in [4.78, 5) is 39.4. The van der Waals surface area contributed by atoms with E-state index in [9.17, 15) is 14.4 Å². The molecule has 5 nitrogen and oxygen atoms in total. The van der Waals surface area contributed by atoms with E-state index >= 15 is 0 Å². The van der Waals surface area contributed by atoms with Gasteiger partial charge in [0.2, 0.25) is 11.8 Å². The maximum Gasteiger partial charge on any atom is 0.331 e. The van der Waals surface area contributed by atoms with Crippen LogP contribution in [0.5, 0.6) is 5.75 Å². The third-order valence-electron chi connectivity index (χ3n) is 6.60. The molecule has 2 aromatic carbocycles. The van der Waals surface area contributed by atoms with Crippen molar-refractivity contribution in [2.75, 3.05) is 6.54 Å². The average molecular weight is 375 g/mol. The molecule has 5 rings (SSSR count). The topological polar surface area (TPSA) is 63.7 Å². The number of para-hydroxylation sites is 1. The standard InChI is InChI=1S/C23H21NO4/c25-19(28-16-9-5-2-6-10-16)13-24-22(26)20-15-11-17(14-7-3-1-4-8-14)18(12-15)21(20)23(24)27/h1-10,15,17-18,20-21H,11-13H2/t15-,17+,18+,20+,21-/m0/s1. The lowest BCUT2D eigenvalue weighted by Crippen LogP contribution is -2.38. The summed E-state index contributed by atoms with van der Waals surface area (Å²) in [6, 6.07) is 18.9. The van der Waals surface area contributed by atoms with Gasteiger partial charge in [0, 0.05) is 0 Å². The molecule has 1 heterocycles. The summed E-state index contributed by atoms with van der Waals surface area (Å²) >= 11 is 0. The zero-order valence-electron chi connectivity index (χ0n) is 15.4. The lowest BCUT2D eigenvalue weighted by Gasteiger charge is -2.28. The number of carbonyl (C=O) groups is 3. The molecule has 2 amide bonds. The number of ether oxygens (including phenoxy) is 1. The predicted octanol–water partition coefficient (Wildman–Crippen LogP) is 3.02. The lowest BCUT2D eigenvalue weighted by molar-refractivity contribution is -0.148. The van der Waals surface area contributed by atoms with Crippen molar-refractivity contribution in [1.82, 2.24) is 4.90 Å². The number of amides is 2. The first kappa shape index (κ1) is 17.2. The molecule has 1 saturated heterocycles. The van der Waals surface area contributed by atoms with E-state index in [1.165, 1.54) is 5.56 Å². The molecule has 1 aliphatic heterocycles. The van der Waals surface area contributed by atoms with Crippen LogP contribution in [0.15, 0.2) is 60.7 Å². The Morgan fingerprint density at radius 2 is 1.54 bits per heavy atom. The first-order valence-electron chi connectivity index (χ1n) is 9.79. The van der Waals surface area contributed by atoms with E-state index in [0.29, 0.717) is 11.7 Å². The fourth-order valence-corrected chi connectivity index (χ4v) is 5.54. The summed E-state index contributed by atoms with van der Waals surface area (Å²) in [6.07, 6.45) is 1.87. The molecule has 2 aliphatic carbocycles. The van der Waals surface area contributed by atoms with E-state index in [1.54, 1.807) is 24.3 Å². The van der Waals surface area contributed by atoms with Crippen LogP contribution >= 0.6 is 0 Å². The Hall–Kier alpha value is -2.95. The Morgan fingerprint density at radius 1 is 0.893 bits per heavy atom. The van der Waals surface area contributed by atoms with E-state index in [-0.39, 0.29) is 42.0 Å². The predicted molar refractivity (Wildman–Crippen MR) is 101 cm³/mol. The van der Waals surface area contributed by atoms with Crippen LogP contribution < -0.4 is 4.74 Å². The second kappa shape index (κ2) is 6.59. The Morgan fingerprint density at radius 3 is 2.25 bits per heavy atom. The van der Waals surface area contributed by atoms with Gasteiger partial charge in [-0.1, -0.05) is 48.5 Å². The second-order valence-corrected chi connectivity index (χ2v) is 8.01. The first-order valence-corrected chi connectivity index (χ1v) is 9.79. The molecule has 2 bridgehead atoms. The third-order valence-corrected chi connectivity index (χ3v) is 6.60. The number of imide groups is 1. The SMILES string of the molecule is O=C(CN1C(=O)[C@@H]2[C@@H]3C[C@@H]([C@@H]2C1=O)[C@@H](c1ccccc1)C3)Oc1ccccc1. The highest BCUT2D eigenvalue weighted by molar-refractivity contribution is 6.08. The number of nitrogens with zero attached hydrogens (tertiary/aromatic N) is 1. The number of benzene rings is 2. The third kappa shape index (κ3) is 2.65. The Bertz CT molecular complexity index is 926. The van der Waals surface area contributed by atoms with Crippen LogP contribution in [-0.4, -0.2) is 29.2 Å². The summed E-state index contributed by atoms with van der Waals surface area (Å²) in [6.45, 7) is -0.311. The van der Waals surface area contributed by atoms with Crippen molar-refractivity contribution in [3.8, 4) is 5.75 Å². The summed E-state index contributed by atoms with van der Waals surface area (Å²) in [5.41, 5.74) is 1.25. The molecule has 142 valence electrons. The van der Waals surface area contributed by atoms with Crippen molar-refractivity contribution in [2.24, 2.45) is 23.7 Å². The summed E-state index contributed by atoms with van der Waals surface area (Å²) in [5.74, 6) is -0.387. The maximum absolute atomic E-state index is 13.0. The molecule has 0 N–H and O–H groups in total. The Labute approximate surface area is 163 Å². The lowest BCUT2D eigenvalue weighted by atomic mass is 9.73. The van der Waals surface area contributed by atoms with Crippen molar-refractivity contribution in [3.63, 3.8) is 0 Å². The first-order chi connectivity index (χ1) is 13.6. The molecular formula is C23H21NO4. The number of hydrogen-bond acceptors (Lipinski definition) is 4. The van der Waals surface area contributed by atoms with E-state index in [0.717, 1.165) is 17.7 Å². The zero-order valence-corrected chi connectivity index (χ0v) is 15.4. The number of rotatable bonds is 4. The largest absolute Gasteiger partial charge is 0.425 e. The Kier molecular flexibility index (Phi) is 4.04. The zero-order chi connectivity index (χ0) is 19.3. The van der Waals surface area contributed by atoms with Crippen molar-refractivity contribution in [1.29, 1.82) is 0 Å². The van der Waals surface area contributed by atoms with E-state index in [2.05, 4.69) is 12.1 Å². The fourth-order valence-electron chi connectivity index (χ4n) is 5.54. The van der Waals surface area contributed by atoms with Gasteiger partial charge in [-0.2, -0.15) is 0 Å². The fraction of sp³-hybridized carbons (Fsp3) is 0.348. The number of esters is 1. The van der Waals surface area contributed by atoms with Gasteiger partial charge in [-0.25, -0.2) is 4.79 Å². The van der Waals surface area contributed by atoms with Gasteiger partial charge in [0.05, 0.1) is 11.8 Å². The van der Waals surface area contributed by atoms with Crippen LogP contribution in [0.2, 0.25) is 0 Å². The van der Waals surface area contributed by atoms with Gasteiger partial charge in [-0.3, -0.25) is 14.5 Å². The number of fused-ring (bicyclic) bond motifs is 5. The number of carbonyl (C=O) groups excluding carboxylic acids is 3. The van der Waals surface area contributed by atoms with Gasteiger partial charge in [0.15, 0.2) is 0 Å². The van der Waals surface area contributed by atoms with Crippen molar-refractivity contribution < 1.29 is 19.1 Å². The van der Waals surface area contributed by atoms with Crippen LogP contribution in [0.1, 0.15) is 24.3 Å². The number of likely N-dealkylation sites (tertiary alicyclic amines) is 1. The van der Waals surface area contributed by atoms with Crippen LogP contribution in [0, 0.1) is 23.7 Å². The molecule has 3 fully saturated rings. The normalized spacial score (nSPS) is 30.6. The van der Waals surface area contributed by atoms with Gasteiger partial charge in [0.1, 0.15) is 12.3 Å². The minimum atomic E-state index is -0.583. The van der Waals surface area contributed by atoms with Gasteiger partial charge < -0.3 is 4.74 Å². The molecule has 0 aromatic heterocycles. The van der Waals surface area contributed by atoms with Crippen LogP contribution in [-0.2, 0) is 14.4 Å². The quantitative estimate of drug-likeness (QED) is 0.468. The van der Waals surface area contributed by atoms with Gasteiger partial charge >= 0.3 is 5.97 Å². The highest BCUT2D eigenvalue weighted by atomic mass is 16.5. The van der Waals surface area contributed by atoms with E-state index in [4.69, 9.17) is 4.74 Å². The molecule has 2 saturated carbocycles. The molecule has 5 heteroatoms. The maximum atomic E-state index is 13.0. The highest BCUT2D eigenvalue weighted by Gasteiger charge is 2.64. The van der Waals surface area contributed by atoms with E-state index in [1.807, 2.05) is 24.3 Å². The summed E-state index contributed by atoms with van der Waals surface area (Å²) < 4.78 is 5.27. The summed E-state index contributed by atoms with van der Waals surface area (Å²) in [5, 5.41) is 0. The van der Waals surface area contributed by atoms with Crippen molar-refractivity contribution in [3.05, 3.63) is 66.2 Å². The highest BCUT2D eigenvalue weighted by Crippen LogP contribution is 2.61. The van der Waals surface area contributed by atoms with Gasteiger partial charge in [0.25, 0.3) is 0 Å². The molecule has 5 atom stereocenters.